The number of benzene rings is 2. The maximum absolute atomic E-state index is 14.3. The summed E-state index contributed by atoms with van der Waals surface area (Å²) in [7, 11) is 0. The second-order valence-electron chi connectivity index (χ2n) is 8.93. The van der Waals surface area contributed by atoms with Crippen molar-refractivity contribution in [1.29, 1.82) is 0 Å². The van der Waals surface area contributed by atoms with Gasteiger partial charge in [0, 0.05) is 18.0 Å². The molecule has 4 rings (SSSR count). The molecule has 180 valence electrons. The molecule has 0 aliphatic rings. The van der Waals surface area contributed by atoms with Crippen molar-refractivity contribution in [3.8, 4) is 17.1 Å². The number of carbonyl (C=O) groups excluding carboxylic acids is 1. The van der Waals surface area contributed by atoms with Crippen LogP contribution in [0.2, 0.25) is 0 Å². The molecule has 0 atom stereocenters. The van der Waals surface area contributed by atoms with Gasteiger partial charge in [0.25, 0.3) is 0 Å². The van der Waals surface area contributed by atoms with E-state index in [1.54, 1.807) is 33.5 Å². The SMILES string of the molecule is C=CCn1c(SCC(=O)Nc2cc(C(C)(C)C)nn2-c2ccccc2)nnc1-c1ccccc1F. The normalized spacial score (nSPS) is 11.4. The van der Waals surface area contributed by atoms with Gasteiger partial charge in [-0.1, -0.05) is 68.9 Å². The van der Waals surface area contributed by atoms with Crippen molar-refractivity contribution in [3.63, 3.8) is 0 Å². The van der Waals surface area contributed by atoms with Crippen molar-refractivity contribution < 1.29 is 9.18 Å². The molecular weight excluding hydrogens is 463 g/mol. The topological polar surface area (TPSA) is 77.6 Å². The number of halogens is 1. The standard InChI is InChI=1S/C26H27FN6OS/c1-5-15-32-24(19-13-9-10-14-20(19)27)29-30-25(32)35-17-23(34)28-22-16-21(26(2,3)4)31-33(22)18-11-7-6-8-12-18/h5-14,16H,1,15,17H2,2-4H3,(H,28,34). The summed E-state index contributed by atoms with van der Waals surface area (Å²) in [6, 6.07) is 17.9. The summed E-state index contributed by atoms with van der Waals surface area (Å²) in [5.74, 6) is 0.475. The van der Waals surface area contributed by atoms with Crippen LogP contribution in [0.25, 0.3) is 17.1 Å². The molecule has 1 amide bonds. The van der Waals surface area contributed by atoms with E-state index in [-0.39, 0.29) is 22.9 Å². The Morgan fingerprint density at radius 2 is 1.83 bits per heavy atom. The zero-order valence-corrected chi connectivity index (χ0v) is 20.7. The number of carbonyl (C=O) groups is 1. The van der Waals surface area contributed by atoms with Crippen LogP contribution in [0.15, 0.2) is 78.5 Å². The van der Waals surface area contributed by atoms with Gasteiger partial charge in [0.05, 0.1) is 22.7 Å². The lowest BCUT2D eigenvalue weighted by molar-refractivity contribution is -0.113. The Bertz CT molecular complexity index is 1340. The minimum absolute atomic E-state index is 0.0946. The van der Waals surface area contributed by atoms with Gasteiger partial charge < -0.3 is 5.32 Å². The van der Waals surface area contributed by atoms with Crippen molar-refractivity contribution in [2.24, 2.45) is 0 Å². The lowest BCUT2D eigenvalue weighted by atomic mass is 9.92. The molecule has 0 unspecified atom stereocenters. The average Bonchev–Trinajstić information content (AvgIpc) is 3.43. The van der Waals surface area contributed by atoms with Crippen LogP contribution in [0.1, 0.15) is 26.5 Å². The highest BCUT2D eigenvalue weighted by Gasteiger charge is 2.22. The number of thioether (sulfide) groups is 1. The predicted octanol–water partition coefficient (Wildman–Crippen LogP) is 5.48. The first-order valence-corrected chi connectivity index (χ1v) is 12.1. The minimum Gasteiger partial charge on any atom is -0.310 e. The van der Waals surface area contributed by atoms with Gasteiger partial charge in [-0.2, -0.15) is 5.10 Å². The van der Waals surface area contributed by atoms with E-state index in [0.717, 1.165) is 11.4 Å². The molecule has 35 heavy (non-hydrogen) atoms. The molecule has 2 aromatic carbocycles. The average molecular weight is 491 g/mol. The van der Waals surface area contributed by atoms with Crippen molar-refractivity contribution >= 4 is 23.5 Å². The van der Waals surface area contributed by atoms with Crippen LogP contribution in [-0.4, -0.2) is 36.2 Å². The van der Waals surface area contributed by atoms with Crippen LogP contribution in [0.4, 0.5) is 10.2 Å². The monoisotopic (exact) mass is 490 g/mol. The Morgan fingerprint density at radius 1 is 1.11 bits per heavy atom. The second-order valence-corrected chi connectivity index (χ2v) is 9.88. The third-order valence-corrected chi connectivity index (χ3v) is 6.19. The Kier molecular flexibility index (Phi) is 7.16. The number of anilines is 1. The molecule has 0 bridgehead atoms. The summed E-state index contributed by atoms with van der Waals surface area (Å²) in [6.07, 6.45) is 1.68. The summed E-state index contributed by atoms with van der Waals surface area (Å²) < 4.78 is 17.8. The van der Waals surface area contributed by atoms with Crippen molar-refractivity contribution in [2.75, 3.05) is 11.1 Å². The first kappa shape index (κ1) is 24.4. The number of aromatic nitrogens is 5. The van der Waals surface area contributed by atoms with Crippen LogP contribution < -0.4 is 5.32 Å². The Labute approximate surface area is 208 Å². The molecule has 0 aliphatic carbocycles. The quantitative estimate of drug-likeness (QED) is 0.261. The smallest absolute Gasteiger partial charge is 0.236 e. The molecule has 0 spiro atoms. The molecule has 4 aromatic rings. The van der Waals surface area contributed by atoms with E-state index < -0.39 is 0 Å². The Morgan fingerprint density at radius 3 is 2.51 bits per heavy atom. The highest BCUT2D eigenvalue weighted by molar-refractivity contribution is 7.99. The fourth-order valence-corrected chi connectivity index (χ4v) is 4.19. The van der Waals surface area contributed by atoms with Crippen molar-refractivity contribution in [2.45, 2.75) is 37.9 Å². The second kappa shape index (κ2) is 10.3. The number of hydrogen-bond acceptors (Lipinski definition) is 5. The van der Waals surface area contributed by atoms with Crippen LogP contribution in [-0.2, 0) is 16.8 Å². The van der Waals surface area contributed by atoms with Crippen LogP contribution in [0, 0.1) is 5.82 Å². The zero-order valence-electron chi connectivity index (χ0n) is 19.9. The van der Waals surface area contributed by atoms with Crippen LogP contribution in [0.3, 0.4) is 0 Å². The van der Waals surface area contributed by atoms with Gasteiger partial charge in [0.15, 0.2) is 11.0 Å². The number of nitrogens with zero attached hydrogens (tertiary/aromatic N) is 5. The zero-order chi connectivity index (χ0) is 25.0. The number of amides is 1. The van der Waals surface area contributed by atoms with E-state index in [2.05, 4.69) is 42.9 Å². The highest BCUT2D eigenvalue weighted by Crippen LogP contribution is 2.28. The molecule has 1 N–H and O–H groups in total. The van der Waals surface area contributed by atoms with Crippen LogP contribution in [0.5, 0.6) is 0 Å². The maximum atomic E-state index is 14.3. The van der Waals surface area contributed by atoms with Crippen LogP contribution >= 0.6 is 11.8 Å². The molecule has 2 aromatic heterocycles. The first-order valence-electron chi connectivity index (χ1n) is 11.2. The third kappa shape index (κ3) is 5.51. The first-order chi connectivity index (χ1) is 16.8. The summed E-state index contributed by atoms with van der Waals surface area (Å²) in [5, 5.41) is 16.6. The van der Waals surface area contributed by atoms with Gasteiger partial charge in [0.2, 0.25) is 5.91 Å². The van der Waals surface area contributed by atoms with E-state index in [4.69, 9.17) is 5.10 Å². The molecule has 7 nitrogen and oxygen atoms in total. The largest absolute Gasteiger partial charge is 0.310 e. The molecule has 0 aliphatic heterocycles. The maximum Gasteiger partial charge on any atom is 0.236 e. The van der Waals surface area contributed by atoms with Crippen molar-refractivity contribution in [3.05, 3.63) is 84.8 Å². The highest BCUT2D eigenvalue weighted by atomic mass is 32.2. The Hall–Kier alpha value is -3.72. The molecule has 0 radical (unpaired) electrons. The molecule has 0 fully saturated rings. The van der Waals surface area contributed by atoms with E-state index in [9.17, 15) is 9.18 Å². The van der Waals surface area contributed by atoms with Gasteiger partial charge in [-0.3, -0.25) is 9.36 Å². The number of hydrogen-bond donors (Lipinski definition) is 1. The molecule has 0 saturated carbocycles. The summed E-state index contributed by atoms with van der Waals surface area (Å²) in [4.78, 5) is 12.9. The van der Waals surface area contributed by atoms with Gasteiger partial charge in [-0.05, 0) is 24.3 Å². The third-order valence-electron chi connectivity index (χ3n) is 5.22. The van der Waals surface area contributed by atoms with E-state index in [1.165, 1.54) is 17.8 Å². The van der Waals surface area contributed by atoms with Gasteiger partial charge >= 0.3 is 0 Å². The number of allylic oxidation sites excluding steroid dienone is 1. The molecular formula is C26H27FN6OS. The van der Waals surface area contributed by atoms with Crippen molar-refractivity contribution in [1.82, 2.24) is 24.5 Å². The molecule has 9 heteroatoms. The summed E-state index contributed by atoms with van der Waals surface area (Å²) in [5.41, 5.74) is 1.88. The number of rotatable bonds is 8. The lowest BCUT2D eigenvalue weighted by Gasteiger charge is -2.14. The van der Waals surface area contributed by atoms with E-state index in [0.29, 0.717) is 28.9 Å². The number of nitrogens with one attached hydrogen (secondary N) is 1. The number of para-hydroxylation sites is 1. The Balaban J connectivity index is 1.54. The fourth-order valence-electron chi connectivity index (χ4n) is 3.44. The molecule has 0 saturated heterocycles. The minimum atomic E-state index is -0.386. The van der Waals surface area contributed by atoms with E-state index in [1.807, 2.05) is 36.4 Å². The van der Waals surface area contributed by atoms with Gasteiger partial charge in [0.1, 0.15) is 11.6 Å². The summed E-state index contributed by atoms with van der Waals surface area (Å²) >= 11 is 1.23. The summed E-state index contributed by atoms with van der Waals surface area (Å²) in [6.45, 7) is 10.4. The van der Waals surface area contributed by atoms with Gasteiger partial charge in [-0.25, -0.2) is 9.07 Å². The van der Waals surface area contributed by atoms with E-state index >= 15 is 0 Å². The fraction of sp³-hybridized carbons (Fsp3) is 0.231. The molecule has 2 heterocycles. The van der Waals surface area contributed by atoms with Gasteiger partial charge in [-0.15, -0.1) is 16.8 Å². The predicted molar refractivity (Wildman–Crippen MR) is 137 cm³/mol. The lowest BCUT2D eigenvalue weighted by Crippen LogP contribution is -2.17.